The zero-order valence-corrected chi connectivity index (χ0v) is 20.4. The van der Waals surface area contributed by atoms with Crippen LogP contribution in [-0.2, 0) is 20.2 Å². The predicted octanol–water partition coefficient (Wildman–Crippen LogP) is 3.42. The summed E-state index contributed by atoms with van der Waals surface area (Å²) in [5, 5.41) is 0. The summed E-state index contributed by atoms with van der Waals surface area (Å²) in [5.41, 5.74) is 0. The Morgan fingerprint density at radius 3 is 1.12 bits per heavy atom. The third-order valence-corrected chi connectivity index (χ3v) is 18.5. The first-order valence-electron chi connectivity index (χ1n) is 7.64. The molecule has 0 spiro atoms. The molecule has 2 unspecified atom stereocenters. The standard InChI is InChI=1S/C12H30O6S4Si2/c1-23(2,3)11(21(13,14)15)7-9-19-20-10-8-12(22(16,17)18)24(4,5)6/h11-12H,7-10H2,1-6H3,(H,13,14,15)(H,16,17,18). The van der Waals surface area contributed by atoms with Gasteiger partial charge in [-0.25, -0.2) is 0 Å². The molecule has 0 aromatic heterocycles. The fourth-order valence-corrected chi connectivity index (χ4v) is 15.4. The highest BCUT2D eigenvalue weighted by Crippen LogP contribution is 2.29. The van der Waals surface area contributed by atoms with Crippen molar-refractivity contribution >= 4 is 58.0 Å². The topological polar surface area (TPSA) is 109 Å². The van der Waals surface area contributed by atoms with Crippen molar-refractivity contribution < 1.29 is 25.9 Å². The van der Waals surface area contributed by atoms with Crippen LogP contribution in [0.4, 0.5) is 0 Å². The molecule has 0 aromatic carbocycles. The van der Waals surface area contributed by atoms with E-state index < -0.39 is 46.1 Å². The summed E-state index contributed by atoms with van der Waals surface area (Å²) >= 11 is 0. The zero-order chi connectivity index (χ0) is 19.4. The van der Waals surface area contributed by atoms with Gasteiger partial charge >= 0.3 is 0 Å². The fourth-order valence-electron chi connectivity index (χ4n) is 2.49. The van der Waals surface area contributed by atoms with E-state index in [4.69, 9.17) is 0 Å². The van der Waals surface area contributed by atoms with E-state index in [-0.39, 0.29) is 0 Å². The molecular weight excluding hydrogens is 425 g/mol. The lowest BCUT2D eigenvalue weighted by atomic mass is 10.6. The minimum atomic E-state index is -4.04. The third-order valence-electron chi connectivity index (χ3n) is 3.66. The Balaban J connectivity index is 4.41. The second-order valence-electron chi connectivity index (χ2n) is 7.96. The molecule has 0 aliphatic heterocycles. The van der Waals surface area contributed by atoms with Crippen LogP contribution in [0.2, 0.25) is 39.3 Å². The van der Waals surface area contributed by atoms with Crippen molar-refractivity contribution in [1.29, 1.82) is 0 Å². The lowest BCUT2D eigenvalue weighted by molar-refractivity contribution is 0.474. The summed E-state index contributed by atoms with van der Waals surface area (Å²) in [6.07, 6.45) is 0.782. The first-order chi connectivity index (χ1) is 10.5. The Labute approximate surface area is 156 Å². The molecular formula is C12H30O6S4Si2. The molecule has 146 valence electrons. The van der Waals surface area contributed by atoms with Gasteiger partial charge in [0.1, 0.15) is 0 Å². The van der Waals surface area contributed by atoms with Crippen LogP contribution in [0.15, 0.2) is 0 Å². The van der Waals surface area contributed by atoms with Crippen LogP contribution in [0.5, 0.6) is 0 Å². The first kappa shape index (κ1) is 25.0. The maximum atomic E-state index is 11.5. The second kappa shape index (κ2) is 9.24. The lowest BCUT2D eigenvalue weighted by Gasteiger charge is -2.26. The van der Waals surface area contributed by atoms with Crippen LogP contribution in [0.3, 0.4) is 0 Å². The molecule has 12 heteroatoms. The van der Waals surface area contributed by atoms with Crippen LogP contribution in [0.25, 0.3) is 0 Å². The largest absolute Gasteiger partial charge is 0.286 e. The van der Waals surface area contributed by atoms with E-state index in [1.54, 1.807) is 0 Å². The molecule has 2 N–H and O–H groups in total. The molecule has 0 radical (unpaired) electrons. The average molecular weight is 455 g/mol. The summed E-state index contributed by atoms with van der Waals surface area (Å²) in [6.45, 7) is 11.5. The molecule has 0 saturated carbocycles. The van der Waals surface area contributed by atoms with E-state index in [1.165, 1.54) is 21.6 Å². The van der Waals surface area contributed by atoms with E-state index in [9.17, 15) is 25.9 Å². The van der Waals surface area contributed by atoms with Crippen LogP contribution >= 0.6 is 21.6 Å². The Bertz CT molecular complexity index is 538. The van der Waals surface area contributed by atoms with Gasteiger partial charge in [-0.15, -0.1) is 0 Å². The monoisotopic (exact) mass is 454 g/mol. The van der Waals surface area contributed by atoms with Gasteiger partial charge in [0.2, 0.25) is 0 Å². The SMILES string of the molecule is C[Si](C)(C)C(CCSSCCC([Si](C)(C)C)S(=O)(=O)O)S(=O)(=O)O. The summed E-state index contributed by atoms with van der Waals surface area (Å²) < 4.78 is 64.7. The van der Waals surface area contributed by atoms with Gasteiger partial charge in [0, 0.05) is 11.5 Å². The van der Waals surface area contributed by atoms with E-state index in [2.05, 4.69) is 0 Å². The van der Waals surface area contributed by atoms with Gasteiger partial charge in [-0.3, -0.25) is 9.11 Å². The van der Waals surface area contributed by atoms with Crippen LogP contribution in [-0.4, -0.2) is 63.3 Å². The van der Waals surface area contributed by atoms with Crippen LogP contribution < -0.4 is 0 Å². The highest BCUT2D eigenvalue weighted by atomic mass is 33.1. The van der Waals surface area contributed by atoms with Crippen molar-refractivity contribution in [2.24, 2.45) is 0 Å². The lowest BCUT2D eigenvalue weighted by Crippen LogP contribution is -2.44. The van der Waals surface area contributed by atoms with Gasteiger partial charge in [0.05, 0.1) is 25.9 Å². The van der Waals surface area contributed by atoms with E-state index in [0.717, 1.165) is 0 Å². The maximum Gasteiger partial charge on any atom is 0.265 e. The quantitative estimate of drug-likeness (QED) is 0.211. The van der Waals surface area contributed by atoms with Gasteiger partial charge in [-0.1, -0.05) is 60.9 Å². The third kappa shape index (κ3) is 9.60. The number of hydrogen-bond acceptors (Lipinski definition) is 6. The molecule has 0 aliphatic rings. The Hall–Kier alpha value is 0.954. The van der Waals surface area contributed by atoms with Crippen molar-refractivity contribution in [3.63, 3.8) is 0 Å². The predicted molar refractivity (Wildman–Crippen MR) is 112 cm³/mol. The Kier molecular flexibility index (Phi) is 9.61. The van der Waals surface area contributed by atoms with Crippen LogP contribution in [0.1, 0.15) is 12.8 Å². The molecule has 24 heavy (non-hydrogen) atoms. The fraction of sp³-hybridized carbons (Fsp3) is 1.00. The van der Waals surface area contributed by atoms with Gasteiger partial charge in [0.15, 0.2) is 0 Å². The van der Waals surface area contributed by atoms with Gasteiger partial charge < -0.3 is 0 Å². The highest BCUT2D eigenvalue weighted by Gasteiger charge is 2.37. The van der Waals surface area contributed by atoms with E-state index >= 15 is 0 Å². The maximum absolute atomic E-state index is 11.5. The number of hydrogen-bond donors (Lipinski definition) is 2. The molecule has 0 amide bonds. The second-order valence-corrected chi connectivity index (χ2v) is 25.6. The molecule has 0 fully saturated rings. The molecule has 0 heterocycles. The molecule has 0 bridgehead atoms. The summed E-state index contributed by atoms with van der Waals surface area (Å²) in [7, 11) is -9.16. The minimum Gasteiger partial charge on any atom is -0.286 e. The van der Waals surface area contributed by atoms with Crippen molar-refractivity contribution in [3.05, 3.63) is 0 Å². The Morgan fingerprint density at radius 1 is 0.708 bits per heavy atom. The van der Waals surface area contributed by atoms with Crippen LogP contribution in [0, 0.1) is 0 Å². The normalized spacial score (nSPS) is 16.8. The average Bonchev–Trinajstić information content (AvgIpc) is 2.25. The summed E-state index contributed by atoms with van der Waals surface area (Å²) in [4.78, 5) is -1.38. The Morgan fingerprint density at radius 2 is 0.958 bits per heavy atom. The van der Waals surface area contributed by atoms with Crippen molar-refractivity contribution in [2.45, 2.75) is 61.9 Å². The first-order valence-corrected chi connectivity index (χ1v) is 20.3. The molecule has 6 nitrogen and oxygen atoms in total. The summed E-state index contributed by atoms with van der Waals surface area (Å²) in [6, 6.07) is 0. The minimum absolute atomic E-state index is 0.391. The molecule has 0 aliphatic carbocycles. The van der Waals surface area contributed by atoms with Gasteiger partial charge in [-0.05, 0) is 12.8 Å². The van der Waals surface area contributed by atoms with Crippen molar-refractivity contribution in [3.8, 4) is 0 Å². The molecule has 0 aromatic rings. The molecule has 0 saturated heterocycles. The van der Waals surface area contributed by atoms with Gasteiger partial charge in [-0.2, -0.15) is 16.8 Å². The molecule has 2 atom stereocenters. The smallest absolute Gasteiger partial charge is 0.265 e. The highest BCUT2D eigenvalue weighted by molar-refractivity contribution is 8.76. The number of rotatable bonds is 11. The van der Waals surface area contributed by atoms with Crippen molar-refractivity contribution in [2.75, 3.05) is 11.5 Å². The molecule has 0 rings (SSSR count). The zero-order valence-electron chi connectivity index (χ0n) is 15.1. The van der Waals surface area contributed by atoms with Crippen molar-refractivity contribution in [1.82, 2.24) is 0 Å². The van der Waals surface area contributed by atoms with E-state index in [0.29, 0.717) is 24.3 Å². The van der Waals surface area contributed by atoms with E-state index in [1.807, 2.05) is 39.3 Å². The van der Waals surface area contributed by atoms with Gasteiger partial charge in [0.25, 0.3) is 20.2 Å². The summed E-state index contributed by atoms with van der Waals surface area (Å²) in [5.74, 6) is 1.14.